The SMILES string of the molecule is Cc1ccc(OCC(F)(F)Oc2ccc(-c3cc(F)c(F)c(F)c3)c(F)c2)c(F)c1F. The van der Waals surface area contributed by atoms with Crippen LogP contribution in [0, 0.1) is 41.8 Å². The minimum atomic E-state index is -4.07. The van der Waals surface area contributed by atoms with Gasteiger partial charge in [-0.15, -0.1) is 0 Å². The Morgan fingerprint density at radius 3 is 2.00 bits per heavy atom. The lowest BCUT2D eigenvalue weighted by Gasteiger charge is -2.19. The van der Waals surface area contributed by atoms with Gasteiger partial charge < -0.3 is 9.47 Å². The van der Waals surface area contributed by atoms with E-state index in [4.69, 9.17) is 0 Å². The van der Waals surface area contributed by atoms with E-state index in [1.54, 1.807) is 0 Å². The lowest BCUT2D eigenvalue weighted by Crippen LogP contribution is -2.32. The normalized spacial score (nSPS) is 11.5. The molecule has 0 heterocycles. The Hall–Kier alpha value is -3.30. The highest BCUT2D eigenvalue weighted by atomic mass is 19.3. The van der Waals surface area contributed by atoms with E-state index in [0.29, 0.717) is 18.2 Å². The summed E-state index contributed by atoms with van der Waals surface area (Å²) in [5.74, 6) is -10.2. The van der Waals surface area contributed by atoms with Crippen LogP contribution in [0.3, 0.4) is 0 Å². The van der Waals surface area contributed by atoms with Crippen LogP contribution in [0.15, 0.2) is 42.5 Å². The molecule has 10 heteroatoms. The van der Waals surface area contributed by atoms with Gasteiger partial charge in [0.1, 0.15) is 11.6 Å². The number of halogens is 8. The largest absolute Gasteiger partial charge is 0.480 e. The van der Waals surface area contributed by atoms with E-state index in [9.17, 15) is 35.1 Å². The van der Waals surface area contributed by atoms with Gasteiger partial charge in [-0.3, -0.25) is 0 Å². The summed E-state index contributed by atoms with van der Waals surface area (Å²) in [5.41, 5.74) is -0.821. The highest BCUT2D eigenvalue weighted by Crippen LogP contribution is 2.31. The van der Waals surface area contributed by atoms with Gasteiger partial charge in [-0.05, 0) is 48.4 Å². The topological polar surface area (TPSA) is 18.5 Å². The van der Waals surface area contributed by atoms with Crippen LogP contribution >= 0.6 is 0 Å². The Bertz CT molecular complexity index is 1110. The van der Waals surface area contributed by atoms with Crippen molar-refractivity contribution in [2.24, 2.45) is 0 Å². The third-order valence-electron chi connectivity index (χ3n) is 4.14. The molecule has 0 aliphatic heterocycles. The molecule has 0 bridgehead atoms. The fraction of sp³-hybridized carbons (Fsp3) is 0.143. The highest BCUT2D eigenvalue weighted by Gasteiger charge is 2.34. The van der Waals surface area contributed by atoms with Gasteiger partial charge in [-0.1, -0.05) is 6.07 Å². The van der Waals surface area contributed by atoms with E-state index in [-0.39, 0.29) is 11.1 Å². The summed E-state index contributed by atoms with van der Waals surface area (Å²) in [7, 11) is 0. The second kappa shape index (κ2) is 8.44. The number of ether oxygens (including phenoxy) is 2. The molecule has 31 heavy (non-hydrogen) atoms. The first-order valence-corrected chi connectivity index (χ1v) is 8.57. The van der Waals surface area contributed by atoms with E-state index in [1.807, 2.05) is 0 Å². The number of hydrogen-bond donors (Lipinski definition) is 0. The molecule has 0 radical (unpaired) electrons. The molecule has 2 nitrogen and oxygen atoms in total. The molecule has 0 amide bonds. The Kier molecular flexibility index (Phi) is 6.10. The molecule has 0 aromatic heterocycles. The monoisotopic (exact) mass is 448 g/mol. The standard InChI is InChI=1S/C21H12F8O2/c1-10-2-5-17(20(27)18(10)25)30-9-21(28,29)31-12-3-4-13(14(22)8-12)11-6-15(23)19(26)16(24)7-11/h2-8H,9H2,1H3. The fourth-order valence-electron chi connectivity index (χ4n) is 2.61. The van der Waals surface area contributed by atoms with Gasteiger partial charge in [0.25, 0.3) is 0 Å². The van der Waals surface area contributed by atoms with E-state index < -0.39 is 64.7 Å². The van der Waals surface area contributed by atoms with Gasteiger partial charge in [0.05, 0.1) is 0 Å². The van der Waals surface area contributed by atoms with Crippen molar-refractivity contribution in [1.29, 1.82) is 0 Å². The van der Waals surface area contributed by atoms with Crippen molar-refractivity contribution >= 4 is 0 Å². The smallest absolute Gasteiger partial charge is 0.433 e. The molecule has 0 fully saturated rings. The zero-order valence-electron chi connectivity index (χ0n) is 15.6. The Morgan fingerprint density at radius 2 is 1.39 bits per heavy atom. The van der Waals surface area contributed by atoms with Crippen LogP contribution in [-0.2, 0) is 0 Å². The van der Waals surface area contributed by atoms with Gasteiger partial charge in [0, 0.05) is 11.6 Å². The van der Waals surface area contributed by atoms with Crippen LogP contribution in [0.5, 0.6) is 11.5 Å². The van der Waals surface area contributed by atoms with Crippen molar-refractivity contribution in [2.75, 3.05) is 6.61 Å². The average molecular weight is 448 g/mol. The van der Waals surface area contributed by atoms with Crippen LogP contribution in [0.25, 0.3) is 11.1 Å². The Labute approximate surface area is 170 Å². The van der Waals surface area contributed by atoms with E-state index in [0.717, 1.165) is 24.3 Å². The number of benzene rings is 3. The Morgan fingerprint density at radius 1 is 0.742 bits per heavy atom. The number of alkyl halides is 2. The summed E-state index contributed by atoms with van der Waals surface area (Å²) in [6.07, 6.45) is -4.07. The molecule has 0 saturated carbocycles. The molecule has 0 aliphatic rings. The molecular weight excluding hydrogens is 436 g/mol. The van der Waals surface area contributed by atoms with Crippen LogP contribution in [-0.4, -0.2) is 12.7 Å². The molecule has 3 rings (SSSR count). The van der Waals surface area contributed by atoms with Gasteiger partial charge in [-0.25, -0.2) is 22.0 Å². The van der Waals surface area contributed by atoms with Crippen LogP contribution in [0.2, 0.25) is 0 Å². The lowest BCUT2D eigenvalue weighted by atomic mass is 10.0. The fourth-order valence-corrected chi connectivity index (χ4v) is 2.61. The Balaban J connectivity index is 1.75. The summed E-state index contributed by atoms with van der Waals surface area (Å²) < 4.78 is 118. The molecule has 0 saturated heterocycles. The predicted octanol–water partition coefficient (Wildman–Crippen LogP) is 6.55. The zero-order valence-corrected chi connectivity index (χ0v) is 15.6. The molecule has 0 unspecified atom stereocenters. The lowest BCUT2D eigenvalue weighted by molar-refractivity contribution is -0.195. The van der Waals surface area contributed by atoms with Crippen LogP contribution < -0.4 is 9.47 Å². The molecule has 0 atom stereocenters. The molecule has 3 aromatic carbocycles. The highest BCUT2D eigenvalue weighted by molar-refractivity contribution is 5.65. The summed E-state index contributed by atoms with van der Waals surface area (Å²) in [5, 5.41) is 0. The van der Waals surface area contributed by atoms with E-state index in [1.165, 1.54) is 6.92 Å². The first kappa shape index (κ1) is 22.4. The van der Waals surface area contributed by atoms with Crippen LogP contribution in [0.1, 0.15) is 5.56 Å². The third kappa shape index (κ3) is 4.89. The second-order valence-electron chi connectivity index (χ2n) is 6.43. The van der Waals surface area contributed by atoms with Gasteiger partial charge in [0.2, 0.25) is 5.82 Å². The quantitative estimate of drug-likeness (QED) is 0.315. The minimum Gasteiger partial charge on any atom is -0.480 e. The van der Waals surface area contributed by atoms with E-state index >= 15 is 0 Å². The summed E-state index contributed by atoms with van der Waals surface area (Å²) in [6, 6.07) is 5.43. The van der Waals surface area contributed by atoms with Crippen LogP contribution in [0.4, 0.5) is 35.1 Å². The second-order valence-corrected chi connectivity index (χ2v) is 6.43. The predicted molar refractivity (Wildman–Crippen MR) is 93.9 cm³/mol. The van der Waals surface area contributed by atoms with Gasteiger partial charge in [-0.2, -0.15) is 13.2 Å². The maximum Gasteiger partial charge on any atom is 0.433 e. The molecule has 164 valence electrons. The minimum absolute atomic E-state index is 0.0515. The molecular formula is C21H12F8O2. The number of hydrogen-bond acceptors (Lipinski definition) is 2. The van der Waals surface area contributed by atoms with Gasteiger partial charge >= 0.3 is 6.11 Å². The summed E-state index contributed by atoms with van der Waals surface area (Å²) in [6.45, 7) is -0.253. The number of aryl methyl sites for hydroxylation is 1. The van der Waals surface area contributed by atoms with E-state index in [2.05, 4.69) is 9.47 Å². The molecule has 3 aromatic rings. The number of rotatable bonds is 6. The molecule has 0 N–H and O–H groups in total. The average Bonchev–Trinajstić information content (AvgIpc) is 2.69. The van der Waals surface area contributed by atoms with Crippen molar-refractivity contribution in [3.05, 3.63) is 82.9 Å². The molecule has 0 aliphatic carbocycles. The summed E-state index contributed by atoms with van der Waals surface area (Å²) >= 11 is 0. The third-order valence-corrected chi connectivity index (χ3v) is 4.14. The zero-order chi connectivity index (χ0) is 22.9. The van der Waals surface area contributed by atoms with Crippen molar-refractivity contribution < 1.29 is 44.6 Å². The summed E-state index contributed by atoms with van der Waals surface area (Å²) in [4.78, 5) is 0. The maximum absolute atomic E-state index is 14.3. The van der Waals surface area contributed by atoms with Crippen molar-refractivity contribution in [1.82, 2.24) is 0 Å². The van der Waals surface area contributed by atoms with Crippen molar-refractivity contribution in [3.8, 4) is 22.6 Å². The van der Waals surface area contributed by atoms with Crippen molar-refractivity contribution in [2.45, 2.75) is 13.0 Å². The maximum atomic E-state index is 14.3. The first-order chi connectivity index (χ1) is 14.5. The molecule has 0 spiro atoms. The van der Waals surface area contributed by atoms with Crippen molar-refractivity contribution in [3.63, 3.8) is 0 Å². The van der Waals surface area contributed by atoms with Gasteiger partial charge in [0.15, 0.2) is 35.6 Å². The first-order valence-electron chi connectivity index (χ1n) is 8.57.